The van der Waals surface area contributed by atoms with Crippen molar-refractivity contribution in [2.45, 2.75) is 19.3 Å². The van der Waals surface area contributed by atoms with E-state index in [1.165, 1.54) is 17.8 Å². The van der Waals surface area contributed by atoms with Crippen molar-refractivity contribution in [3.8, 4) is 0 Å². The Morgan fingerprint density at radius 2 is 1.92 bits per heavy atom. The standard InChI is InChI=1S/C19H19N3O2S/c23-18(16-8-5-11-25-16)21-14-7-4-6-13-12-15(20-17(13)14)19(24)22-9-2-1-3-10-22/h4-8,11-12,20H,1-3,9-10H2,(H,21,23). The summed E-state index contributed by atoms with van der Waals surface area (Å²) in [5.74, 6) is -0.104. The molecular formula is C19H19N3O2S. The van der Waals surface area contributed by atoms with Crippen molar-refractivity contribution in [2.75, 3.05) is 18.4 Å². The van der Waals surface area contributed by atoms with Crippen LogP contribution in [0.5, 0.6) is 0 Å². The summed E-state index contributed by atoms with van der Waals surface area (Å²) in [4.78, 5) is 30.8. The molecule has 6 heteroatoms. The molecular weight excluding hydrogens is 334 g/mol. The van der Waals surface area contributed by atoms with Crippen LogP contribution in [0.4, 0.5) is 5.69 Å². The van der Waals surface area contributed by atoms with Crippen LogP contribution in [0.25, 0.3) is 10.9 Å². The second kappa shape index (κ2) is 6.72. The van der Waals surface area contributed by atoms with E-state index in [1.807, 2.05) is 40.6 Å². The highest BCUT2D eigenvalue weighted by Crippen LogP contribution is 2.26. The van der Waals surface area contributed by atoms with Crippen LogP contribution in [0, 0.1) is 0 Å². The van der Waals surface area contributed by atoms with Gasteiger partial charge in [0.15, 0.2) is 0 Å². The molecule has 4 rings (SSSR count). The number of hydrogen-bond donors (Lipinski definition) is 2. The Morgan fingerprint density at radius 1 is 1.08 bits per heavy atom. The van der Waals surface area contributed by atoms with Crippen LogP contribution in [0.1, 0.15) is 39.4 Å². The molecule has 0 spiro atoms. The first-order valence-corrected chi connectivity index (χ1v) is 9.36. The highest BCUT2D eigenvalue weighted by molar-refractivity contribution is 7.12. The van der Waals surface area contributed by atoms with Gasteiger partial charge in [-0.1, -0.05) is 18.2 Å². The summed E-state index contributed by atoms with van der Waals surface area (Å²) in [6.07, 6.45) is 3.32. The Hall–Kier alpha value is -2.60. The molecule has 1 saturated heterocycles. The molecule has 2 amide bonds. The molecule has 128 valence electrons. The van der Waals surface area contributed by atoms with Crippen LogP contribution >= 0.6 is 11.3 Å². The highest BCUT2D eigenvalue weighted by atomic mass is 32.1. The number of hydrogen-bond acceptors (Lipinski definition) is 3. The summed E-state index contributed by atoms with van der Waals surface area (Å²) < 4.78 is 0. The Morgan fingerprint density at radius 3 is 2.68 bits per heavy atom. The van der Waals surface area contributed by atoms with E-state index in [0.717, 1.165) is 36.8 Å². The molecule has 0 aliphatic carbocycles. The predicted molar refractivity (Wildman–Crippen MR) is 100 cm³/mol. The number of para-hydroxylation sites is 1. The van der Waals surface area contributed by atoms with E-state index in [2.05, 4.69) is 10.3 Å². The van der Waals surface area contributed by atoms with Gasteiger partial charge in [0.05, 0.1) is 16.1 Å². The van der Waals surface area contributed by atoms with Gasteiger partial charge in [0.25, 0.3) is 11.8 Å². The van der Waals surface area contributed by atoms with Gasteiger partial charge in [0, 0.05) is 18.5 Å². The predicted octanol–water partition coefficient (Wildman–Crippen LogP) is 4.11. The topological polar surface area (TPSA) is 65.2 Å². The number of rotatable bonds is 3. The van der Waals surface area contributed by atoms with Crippen LogP contribution < -0.4 is 5.32 Å². The zero-order valence-electron chi connectivity index (χ0n) is 13.7. The number of aromatic nitrogens is 1. The minimum Gasteiger partial charge on any atom is -0.349 e. The van der Waals surface area contributed by atoms with Crippen molar-refractivity contribution in [1.82, 2.24) is 9.88 Å². The Bertz CT molecular complexity index is 908. The number of anilines is 1. The van der Waals surface area contributed by atoms with Crippen LogP contribution in [-0.4, -0.2) is 34.8 Å². The van der Waals surface area contributed by atoms with Gasteiger partial charge >= 0.3 is 0 Å². The van der Waals surface area contributed by atoms with Crippen molar-refractivity contribution in [3.05, 3.63) is 52.3 Å². The summed E-state index contributed by atoms with van der Waals surface area (Å²) in [5, 5.41) is 5.73. The first-order valence-electron chi connectivity index (χ1n) is 8.48. The molecule has 0 radical (unpaired) electrons. The van der Waals surface area contributed by atoms with E-state index in [1.54, 1.807) is 6.07 Å². The summed E-state index contributed by atoms with van der Waals surface area (Å²) in [6.45, 7) is 1.63. The quantitative estimate of drug-likeness (QED) is 0.744. The van der Waals surface area contributed by atoms with Gasteiger partial charge in [-0.05, 0) is 42.8 Å². The van der Waals surface area contributed by atoms with Crippen molar-refractivity contribution < 1.29 is 9.59 Å². The van der Waals surface area contributed by atoms with Crippen molar-refractivity contribution in [1.29, 1.82) is 0 Å². The second-order valence-corrected chi connectivity index (χ2v) is 7.18. The van der Waals surface area contributed by atoms with Crippen LogP contribution in [0.2, 0.25) is 0 Å². The zero-order valence-corrected chi connectivity index (χ0v) is 14.6. The van der Waals surface area contributed by atoms with E-state index < -0.39 is 0 Å². The molecule has 2 aromatic heterocycles. The molecule has 3 heterocycles. The van der Waals surface area contributed by atoms with Crippen LogP contribution in [0.15, 0.2) is 41.8 Å². The molecule has 0 atom stereocenters. The van der Waals surface area contributed by atoms with Gasteiger partial charge in [-0.2, -0.15) is 0 Å². The lowest BCUT2D eigenvalue weighted by Gasteiger charge is -2.26. The average molecular weight is 353 g/mol. The fraction of sp³-hybridized carbons (Fsp3) is 0.263. The van der Waals surface area contributed by atoms with Gasteiger partial charge < -0.3 is 15.2 Å². The van der Waals surface area contributed by atoms with Crippen LogP contribution in [-0.2, 0) is 0 Å². The minimum absolute atomic E-state index is 0.0337. The van der Waals surface area contributed by atoms with E-state index in [-0.39, 0.29) is 11.8 Å². The summed E-state index contributed by atoms with van der Waals surface area (Å²) in [5.41, 5.74) is 2.05. The van der Waals surface area contributed by atoms with Crippen molar-refractivity contribution in [2.24, 2.45) is 0 Å². The van der Waals surface area contributed by atoms with Crippen molar-refractivity contribution >= 4 is 39.7 Å². The molecule has 0 unspecified atom stereocenters. The number of piperidine rings is 1. The number of nitrogens with one attached hydrogen (secondary N) is 2. The molecule has 1 fully saturated rings. The third-order valence-corrected chi connectivity index (χ3v) is 5.39. The van der Waals surface area contributed by atoms with Gasteiger partial charge in [-0.15, -0.1) is 11.3 Å². The zero-order chi connectivity index (χ0) is 17.2. The first-order chi connectivity index (χ1) is 12.2. The first kappa shape index (κ1) is 15.9. The average Bonchev–Trinajstić information content (AvgIpc) is 3.32. The lowest BCUT2D eigenvalue weighted by molar-refractivity contribution is 0.0719. The molecule has 1 aliphatic heterocycles. The molecule has 25 heavy (non-hydrogen) atoms. The Balaban J connectivity index is 1.62. The Kier molecular flexibility index (Phi) is 4.28. The number of nitrogens with zero attached hydrogens (tertiary/aromatic N) is 1. The number of likely N-dealkylation sites (tertiary alicyclic amines) is 1. The van der Waals surface area contributed by atoms with Crippen LogP contribution in [0.3, 0.4) is 0 Å². The third kappa shape index (κ3) is 3.17. The molecule has 0 bridgehead atoms. The van der Waals surface area contributed by atoms with Gasteiger partial charge in [0.1, 0.15) is 5.69 Å². The summed E-state index contributed by atoms with van der Waals surface area (Å²) >= 11 is 1.40. The van der Waals surface area contributed by atoms with Gasteiger partial charge in [-0.3, -0.25) is 9.59 Å². The molecule has 1 aromatic carbocycles. The number of aromatic amines is 1. The lowest BCUT2D eigenvalue weighted by atomic mass is 10.1. The lowest BCUT2D eigenvalue weighted by Crippen LogP contribution is -2.35. The van der Waals surface area contributed by atoms with E-state index in [0.29, 0.717) is 16.3 Å². The van der Waals surface area contributed by atoms with E-state index in [4.69, 9.17) is 0 Å². The Labute approximate surface area is 149 Å². The number of benzene rings is 1. The molecule has 5 nitrogen and oxygen atoms in total. The maximum absolute atomic E-state index is 12.7. The largest absolute Gasteiger partial charge is 0.349 e. The number of thiophene rings is 1. The normalized spacial score (nSPS) is 14.6. The minimum atomic E-state index is -0.138. The molecule has 2 N–H and O–H groups in total. The molecule has 3 aromatic rings. The second-order valence-electron chi connectivity index (χ2n) is 6.24. The van der Waals surface area contributed by atoms with E-state index in [9.17, 15) is 9.59 Å². The molecule has 0 saturated carbocycles. The third-order valence-electron chi connectivity index (χ3n) is 4.52. The number of carbonyl (C=O) groups excluding carboxylic acids is 2. The molecule has 1 aliphatic rings. The monoisotopic (exact) mass is 353 g/mol. The van der Waals surface area contributed by atoms with E-state index >= 15 is 0 Å². The smallest absolute Gasteiger partial charge is 0.270 e. The van der Waals surface area contributed by atoms with Gasteiger partial charge in [0.2, 0.25) is 0 Å². The number of amides is 2. The fourth-order valence-electron chi connectivity index (χ4n) is 3.23. The number of fused-ring (bicyclic) bond motifs is 1. The maximum Gasteiger partial charge on any atom is 0.270 e. The number of carbonyl (C=O) groups is 2. The summed E-state index contributed by atoms with van der Waals surface area (Å²) in [7, 11) is 0. The maximum atomic E-state index is 12.7. The highest BCUT2D eigenvalue weighted by Gasteiger charge is 2.20. The van der Waals surface area contributed by atoms with Crippen molar-refractivity contribution in [3.63, 3.8) is 0 Å². The summed E-state index contributed by atoms with van der Waals surface area (Å²) in [6, 6.07) is 11.2. The van der Waals surface area contributed by atoms with Gasteiger partial charge in [-0.25, -0.2) is 0 Å². The SMILES string of the molecule is O=C(Nc1cccc2cc(C(=O)N3CCCCC3)[nH]c12)c1cccs1. The fourth-order valence-corrected chi connectivity index (χ4v) is 3.85. The number of H-pyrrole nitrogens is 1.